The quantitative estimate of drug-likeness (QED) is 0.723. The zero-order valence-electron chi connectivity index (χ0n) is 14.0. The highest BCUT2D eigenvalue weighted by Crippen LogP contribution is 2.28. The Kier molecular flexibility index (Phi) is 4.43. The Labute approximate surface area is 149 Å². The van der Waals surface area contributed by atoms with Gasteiger partial charge in [0.2, 0.25) is 11.7 Å². The summed E-state index contributed by atoms with van der Waals surface area (Å²) in [7, 11) is 0. The van der Waals surface area contributed by atoms with Gasteiger partial charge in [-0.25, -0.2) is 4.39 Å². The summed E-state index contributed by atoms with van der Waals surface area (Å²) < 4.78 is 18.5. The van der Waals surface area contributed by atoms with Crippen molar-refractivity contribution in [2.75, 3.05) is 13.1 Å². The maximum Gasteiger partial charge on any atom is 0.253 e. The van der Waals surface area contributed by atoms with Crippen molar-refractivity contribution in [3.05, 3.63) is 66.1 Å². The van der Waals surface area contributed by atoms with Crippen LogP contribution in [0.15, 0.2) is 53.3 Å². The van der Waals surface area contributed by atoms with Gasteiger partial charge in [-0.1, -0.05) is 5.16 Å². The van der Waals surface area contributed by atoms with Crippen LogP contribution in [-0.2, 0) is 0 Å². The Morgan fingerprint density at radius 2 is 2.08 bits per heavy atom. The first kappa shape index (κ1) is 16.4. The number of hydrogen-bond donors (Lipinski definition) is 0. The summed E-state index contributed by atoms with van der Waals surface area (Å²) in [5.41, 5.74) is 1.27. The summed E-state index contributed by atoms with van der Waals surface area (Å²) in [5.74, 6) is 0.551. The first-order chi connectivity index (χ1) is 12.7. The van der Waals surface area contributed by atoms with Crippen molar-refractivity contribution in [2.24, 2.45) is 0 Å². The zero-order chi connectivity index (χ0) is 17.9. The first-order valence-electron chi connectivity index (χ1n) is 8.49. The molecule has 1 unspecified atom stereocenters. The molecular formula is C19H17FN4O2. The highest BCUT2D eigenvalue weighted by Gasteiger charge is 2.29. The van der Waals surface area contributed by atoms with Crippen molar-refractivity contribution in [1.29, 1.82) is 0 Å². The fourth-order valence-electron chi connectivity index (χ4n) is 3.15. The van der Waals surface area contributed by atoms with E-state index >= 15 is 0 Å². The maximum absolute atomic E-state index is 13.1. The molecule has 0 radical (unpaired) electrons. The van der Waals surface area contributed by atoms with E-state index in [0.717, 1.165) is 18.4 Å². The van der Waals surface area contributed by atoms with Crippen LogP contribution in [0.3, 0.4) is 0 Å². The third-order valence-corrected chi connectivity index (χ3v) is 4.51. The summed E-state index contributed by atoms with van der Waals surface area (Å²) in [6, 6.07) is 9.30. The Morgan fingerprint density at radius 3 is 2.85 bits per heavy atom. The number of pyridine rings is 1. The number of aromatic nitrogens is 3. The predicted octanol–water partition coefficient (Wildman–Crippen LogP) is 3.29. The molecule has 3 heterocycles. The molecule has 2 aromatic heterocycles. The lowest BCUT2D eigenvalue weighted by Gasteiger charge is -2.31. The van der Waals surface area contributed by atoms with Gasteiger partial charge in [-0.2, -0.15) is 4.98 Å². The molecule has 0 spiro atoms. The fourth-order valence-corrected chi connectivity index (χ4v) is 3.15. The van der Waals surface area contributed by atoms with Crippen molar-refractivity contribution < 1.29 is 13.7 Å². The standard InChI is InChI=1S/C19H17FN4O2/c20-16-7-5-13(6-8-16)19(25)24-10-2-4-15(12-24)18-22-17(23-26-18)14-3-1-9-21-11-14/h1,3,5-9,11,15H,2,4,10,12H2. The Balaban J connectivity index is 1.49. The Bertz CT molecular complexity index is 895. The molecule has 1 aliphatic rings. The van der Waals surface area contributed by atoms with Crippen LogP contribution < -0.4 is 0 Å². The minimum absolute atomic E-state index is 0.00827. The summed E-state index contributed by atoms with van der Waals surface area (Å²) in [4.78, 5) is 22.9. The van der Waals surface area contributed by atoms with Crippen LogP contribution in [0.5, 0.6) is 0 Å². The average Bonchev–Trinajstić information content (AvgIpc) is 3.19. The van der Waals surface area contributed by atoms with Crippen LogP contribution in [0.2, 0.25) is 0 Å². The Morgan fingerprint density at radius 1 is 1.23 bits per heavy atom. The van der Waals surface area contributed by atoms with E-state index in [-0.39, 0.29) is 17.6 Å². The second-order valence-corrected chi connectivity index (χ2v) is 6.30. The van der Waals surface area contributed by atoms with E-state index in [1.54, 1.807) is 17.3 Å². The Hall–Kier alpha value is -3.09. The third-order valence-electron chi connectivity index (χ3n) is 4.51. The van der Waals surface area contributed by atoms with E-state index in [0.29, 0.717) is 30.4 Å². The normalized spacial score (nSPS) is 17.3. The molecule has 3 aromatic rings. The summed E-state index contributed by atoms with van der Waals surface area (Å²) in [6.45, 7) is 1.17. The van der Waals surface area contributed by atoms with Gasteiger partial charge in [-0.15, -0.1) is 0 Å². The number of rotatable bonds is 3. The van der Waals surface area contributed by atoms with E-state index < -0.39 is 0 Å². The monoisotopic (exact) mass is 352 g/mol. The third kappa shape index (κ3) is 3.33. The molecule has 4 rings (SSSR count). The topological polar surface area (TPSA) is 72.1 Å². The molecular weight excluding hydrogens is 335 g/mol. The molecule has 1 aromatic carbocycles. The van der Waals surface area contributed by atoms with Gasteiger partial charge in [-0.3, -0.25) is 9.78 Å². The van der Waals surface area contributed by atoms with Crippen molar-refractivity contribution in [3.63, 3.8) is 0 Å². The number of carbonyl (C=O) groups excluding carboxylic acids is 1. The number of benzene rings is 1. The molecule has 1 aliphatic heterocycles. The molecule has 26 heavy (non-hydrogen) atoms. The van der Waals surface area contributed by atoms with Crippen LogP contribution in [0, 0.1) is 5.82 Å². The van der Waals surface area contributed by atoms with Gasteiger partial charge in [0, 0.05) is 36.6 Å². The molecule has 0 bridgehead atoms. The van der Waals surface area contributed by atoms with E-state index in [2.05, 4.69) is 15.1 Å². The molecule has 1 amide bonds. The van der Waals surface area contributed by atoms with Crippen LogP contribution in [0.4, 0.5) is 4.39 Å². The molecule has 1 fully saturated rings. The van der Waals surface area contributed by atoms with E-state index in [1.807, 2.05) is 12.1 Å². The predicted molar refractivity (Wildman–Crippen MR) is 91.8 cm³/mol. The second kappa shape index (κ2) is 7.03. The molecule has 7 heteroatoms. The molecule has 6 nitrogen and oxygen atoms in total. The lowest BCUT2D eigenvalue weighted by molar-refractivity contribution is 0.0695. The van der Waals surface area contributed by atoms with Gasteiger partial charge in [0.15, 0.2) is 0 Å². The number of likely N-dealkylation sites (tertiary alicyclic amines) is 1. The smallest absolute Gasteiger partial charge is 0.253 e. The van der Waals surface area contributed by atoms with Crippen LogP contribution in [-0.4, -0.2) is 39.0 Å². The molecule has 132 valence electrons. The second-order valence-electron chi connectivity index (χ2n) is 6.30. The van der Waals surface area contributed by atoms with Crippen molar-refractivity contribution in [1.82, 2.24) is 20.0 Å². The lowest BCUT2D eigenvalue weighted by Crippen LogP contribution is -2.39. The summed E-state index contributed by atoms with van der Waals surface area (Å²) >= 11 is 0. The molecule has 0 saturated carbocycles. The lowest BCUT2D eigenvalue weighted by atomic mass is 9.97. The van der Waals surface area contributed by atoms with Crippen LogP contribution >= 0.6 is 0 Å². The number of halogens is 1. The van der Waals surface area contributed by atoms with E-state index in [1.165, 1.54) is 24.3 Å². The van der Waals surface area contributed by atoms with E-state index in [9.17, 15) is 9.18 Å². The highest BCUT2D eigenvalue weighted by molar-refractivity contribution is 5.94. The summed E-state index contributed by atoms with van der Waals surface area (Å²) in [5, 5.41) is 4.03. The van der Waals surface area contributed by atoms with Gasteiger partial charge in [-0.05, 0) is 49.2 Å². The van der Waals surface area contributed by atoms with Crippen molar-refractivity contribution in [2.45, 2.75) is 18.8 Å². The van der Waals surface area contributed by atoms with Gasteiger partial charge in [0.1, 0.15) is 5.82 Å². The number of amides is 1. The van der Waals surface area contributed by atoms with Gasteiger partial charge >= 0.3 is 0 Å². The number of carbonyl (C=O) groups is 1. The van der Waals surface area contributed by atoms with Crippen molar-refractivity contribution >= 4 is 5.91 Å². The van der Waals surface area contributed by atoms with E-state index in [4.69, 9.17) is 4.52 Å². The highest BCUT2D eigenvalue weighted by atomic mass is 19.1. The molecule has 1 saturated heterocycles. The van der Waals surface area contributed by atoms with Gasteiger partial charge in [0.25, 0.3) is 5.91 Å². The number of piperidine rings is 1. The van der Waals surface area contributed by atoms with Crippen LogP contribution in [0.25, 0.3) is 11.4 Å². The molecule has 1 atom stereocenters. The van der Waals surface area contributed by atoms with Gasteiger partial charge < -0.3 is 9.42 Å². The largest absolute Gasteiger partial charge is 0.339 e. The number of nitrogens with zero attached hydrogens (tertiary/aromatic N) is 4. The minimum Gasteiger partial charge on any atom is -0.339 e. The first-order valence-corrected chi connectivity index (χ1v) is 8.49. The molecule has 0 aliphatic carbocycles. The number of hydrogen-bond acceptors (Lipinski definition) is 5. The summed E-state index contributed by atoms with van der Waals surface area (Å²) in [6.07, 6.45) is 5.09. The zero-order valence-corrected chi connectivity index (χ0v) is 14.0. The SMILES string of the molecule is O=C(c1ccc(F)cc1)N1CCCC(c2nc(-c3cccnc3)no2)C1. The van der Waals surface area contributed by atoms with Crippen molar-refractivity contribution in [3.8, 4) is 11.4 Å². The molecule has 0 N–H and O–H groups in total. The fraction of sp³-hybridized carbons (Fsp3) is 0.263. The average molecular weight is 352 g/mol. The van der Waals surface area contributed by atoms with Gasteiger partial charge in [0.05, 0.1) is 5.92 Å². The van der Waals surface area contributed by atoms with Crippen LogP contribution in [0.1, 0.15) is 35.0 Å². The minimum atomic E-state index is -0.355. The maximum atomic E-state index is 13.1.